The molecule has 24 heavy (non-hydrogen) atoms. The molecule has 7 atom stereocenters. The van der Waals surface area contributed by atoms with E-state index in [4.69, 9.17) is 9.47 Å². The molecule has 3 saturated heterocycles. The van der Waals surface area contributed by atoms with Crippen LogP contribution in [0.5, 0.6) is 0 Å². The second kappa shape index (κ2) is 5.31. The number of allylic oxidation sites excluding steroid dienone is 1. The lowest BCUT2D eigenvalue weighted by Crippen LogP contribution is -2.40. The van der Waals surface area contributed by atoms with Gasteiger partial charge in [0.1, 0.15) is 6.10 Å². The number of hydrogen-bond acceptors (Lipinski definition) is 4. The molecule has 5 aliphatic rings. The Labute approximate surface area is 144 Å². The van der Waals surface area contributed by atoms with Crippen molar-refractivity contribution in [2.45, 2.75) is 63.3 Å². The van der Waals surface area contributed by atoms with Gasteiger partial charge in [0.05, 0.1) is 17.6 Å². The average molecular weight is 331 g/mol. The van der Waals surface area contributed by atoms with Crippen molar-refractivity contribution in [3.63, 3.8) is 0 Å². The van der Waals surface area contributed by atoms with Gasteiger partial charge in [-0.15, -0.1) is 0 Å². The summed E-state index contributed by atoms with van der Waals surface area (Å²) >= 11 is 0. The second-order valence-corrected chi connectivity index (χ2v) is 8.89. The molecule has 0 aromatic carbocycles. The average Bonchev–Trinajstić information content (AvgIpc) is 3.05. The van der Waals surface area contributed by atoms with Crippen LogP contribution in [-0.2, 0) is 14.3 Å². The normalized spacial score (nSPS) is 50.7. The number of epoxide rings is 1. The number of likely N-dealkylation sites (tertiary alicyclic amines) is 1. The van der Waals surface area contributed by atoms with Crippen LogP contribution in [0.1, 0.15) is 45.4 Å². The fourth-order valence-electron chi connectivity index (χ4n) is 6.19. The first-order valence-corrected chi connectivity index (χ1v) is 9.86. The van der Waals surface area contributed by atoms with Gasteiger partial charge in [0.25, 0.3) is 0 Å². The van der Waals surface area contributed by atoms with Gasteiger partial charge >= 0.3 is 5.97 Å². The molecule has 3 heterocycles. The minimum Gasteiger partial charge on any atom is -0.461 e. The number of hydrogen-bond donors (Lipinski definition) is 0. The smallest absolute Gasteiger partial charge is 0.310 e. The van der Waals surface area contributed by atoms with Crippen molar-refractivity contribution in [2.75, 3.05) is 19.6 Å². The van der Waals surface area contributed by atoms with Crippen molar-refractivity contribution in [1.82, 2.24) is 4.90 Å². The summed E-state index contributed by atoms with van der Waals surface area (Å²) < 4.78 is 12.0. The van der Waals surface area contributed by atoms with Gasteiger partial charge in [0, 0.05) is 18.4 Å². The van der Waals surface area contributed by atoms with Gasteiger partial charge in [-0.2, -0.15) is 0 Å². The summed E-state index contributed by atoms with van der Waals surface area (Å²) in [5.41, 5.74) is 1.31. The number of nitrogens with zero attached hydrogens (tertiary/aromatic N) is 1. The Kier molecular flexibility index (Phi) is 3.41. The van der Waals surface area contributed by atoms with Gasteiger partial charge in [-0.25, -0.2) is 0 Å². The summed E-state index contributed by atoms with van der Waals surface area (Å²) in [7, 11) is 0. The second-order valence-electron chi connectivity index (χ2n) is 8.89. The van der Waals surface area contributed by atoms with Crippen LogP contribution in [0.2, 0.25) is 0 Å². The molecule has 5 rings (SSSR count). The molecule has 0 bridgehead atoms. The summed E-state index contributed by atoms with van der Waals surface area (Å²) in [6.07, 6.45) is 7.47. The van der Waals surface area contributed by atoms with Crippen LogP contribution < -0.4 is 0 Å². The van der Waals surface area contributed by atoms with Crippen molar-refractivity contribution in [2.24, 2.45) is 23.7 Å². The Balaban J connectivity index is 1.40. The van der Waals surface area contributed by atoms with Crippen LogP contribution in [0.25, 0.3) is 0 Å². The summed E-state index contributed by atoms with van der Waals surface area (Å²) in [5.74, 6) is 1.28. The number of carbonyl (C=O) groups excluding carboxylic acids is 1. The lowest BCUT2D eigenvalue weighted by Gasteiger charge is -2.32. The molecule has 0 spiro atoms. The third-order valence-corrected chi connectivity index (χ3v) is 7.62. The monoisotopic (exact) mass is 331 g/mol. The van der Waals surface area contributed by atoms with E-state index in [1.54, 1.807) is 0 Å². The highest BCUT2D eigenvalue weighted by Gasteiger charge is 2.71. The summed E-state index contributed by atoms with van der Waals surface area (Å²) in [5, 5.41) is 0. The van der Waals surface area contributed by atoms with Crippen molar-refractivity contribution in [1.29, 1.82) is 0 Å². The molecule has 4 heteroatoms. The first-order chi connectivity index (χ1) is 11.6. The van der Waals surface area contributed by atoms with Gasteiger partial charge in [-0.1, -0.05) is 18.6 Å². The zero-order valence-corrected chi connectivity index (χ0v) is 14.7. The summed E-state index contributed by atoms with van der Waals surface area (Å²) in [6, 6.07) is 0. The molecule has 2 aliphatic carbocycles. The van der Waals surface area contributed by atoms with Crippen molar-refractivity contribution < 1.29 is 14.3 Å². The fourth-order valence-corrected chi connectivity index (χ4v) is 6.19. The third kappa shape index (κ3) is 2.15. The van der Waals surface area contributed by atoms with Gasteiger partial charge in [0.15, 0.2) is 0 Å². The van der Waals surface area contributed by atoms with Crippen LogP contribution >= 0.6 is 0 Å². The SMILES string of the molecule is C=C1CC[C@@H]2[C@H](OC(=O)[C@@H]2CN2CCCCC2)[C@H]2[C@@H]1C[C@@H]1O[C@]21C. The van der Waals surface area contributed by atoms with E-state index >= 15 is 0 Å². The van der Waals surface area contributed by atoms with Gasteiger partial charge in [-0.3, -0.25) is 4.79 Å². The van der Waals surface area contributed by atoms with E-state index in [9.17, 15) is 4.79 Å². The Hall–Kier alpha value is -0.870. The number of fused-ring (bicyclic) bond motifs is 5. The maximum absolute atomic E-state index is 12.7. The lowest BCUT2D eigenvalue weighted by atomic mass is 9.77. The minimum absolute atomic E-state index is 0.0500. The van der Waals surface area contributed by atoms with Crippen LogP contribution in [0.15, 0.2) is 12.2 Å². The number of rotatable bonds is 2. The zero-order chi connectivity index (χ0) is 16.5. The molecule has 132 valence electrons. The number of carbonyl (C=O) groups is 1. The largest absolute Gasteiger partial charge is 0.461 e. The molecule has 2 saturated carbocycles. The van der Waals surface area contributed by atoms with Gasteiger partial charge < -0.3 is 14.4 Å². The molecule has 0 amide bonds. The molecule has 0 unspecified atom stereocenters. The van der Waals surface area contributed by atoms with E-state index in [2.05, 4.69) is 18.4 Å². The first kappa shape index (κ1) is 15.4. The first-order valence-electron chi connectivity index (χ1n) is 9.86. The molecule has 0 aromatic heterocycles. The highest BCUT2D eigenvalue weighted by molar-refractivity contribution is 5.75. The Morgan fingerprint density at radius 3 is 2.88 bits per heavy atom. The number of ether oxygens (including phenoxy) is 2. The summed E-state index contributed by atoms with van der Waals surface area (Å²) in [4.78, 5) is 15.2. The van der Waals surface area contributed by atoms with Crippen LogP contribution in [0.3, 0.4) is 0 Å². The van der Waals surface area contributed by atoms with Crippen LogP contribution in [-0.4, -0.2) is 48.3 Å². The predicted molar refractivity (Wildman–Crippen MR) is 90.4 cm³/mol. The van der Waals surface area contributed by atoms with E-state index in [1.807, 2.05) is 0 Å². The topological polar surface area (TPSA) is 42.1 Å². The molecule has 0 radical (unpaired) electrons. The molecule has 0 aromatic rings. The molecule has 0 N–H and O–H groups in total. The molecule has 4 nitrogen and oxygen atoms in total. The van der Waals surface area contributed by atoms with Crippen molar-refractivity contribution in [3.05, 3.63) is 12.2 Å². The summed E-state index contributed by atoms with van der Waals surface area (Å²) in [6.45, 7) is 9.79. The lowest BCUT2D eigenvalue weighted by molar-refractivity contribution is -0.147. The molecule has 5 fully saturated rings. The highest BCUT2D eigenvalue weighted by atomic mass is 16.6. The predicted octanol–water partition coefficient (Wildman–Crippen LogP) is 2.77. The Bertz CT molecular complexity index is 569. The van der Waals surface area contributed by atoms with E-state index in [0.29, 0.717) is 23.9 Å². The zero-order valence-electron chi connectivity index (χ0n) is 14.7. The minimum atomic E-state index is -0.0683. The molecular weight excluding hydrogens is 302 g/mol. The van der Waals surface area contributed by atoms with Gasteiger partial charge in [-0.05, 0) is 58.0 Å². The number of esters is 1. The standard InChI is InChI=1S/C20H29NO3/c1-12-6-7-13-15(11-21-8-4-3-5-9-21)19(22)23-18(13)17-14(12)10-16-20(17,2)24-16/h13-18H,1,3-11H2,2H3/t13-,14+,15+,16-,17+,18-,20-/m0/s1. The maximum Gasteiger partial charge on any atom is 0.310 e. The van der Waals surface area contributed by atoms with E-state index in [0.717, 1.165) is 38.9 Å². The Morgan fingerprint density at radius 2 is 2.08 bits per heavy atom. The highest BCUT2D eigenvalue weighted by Crippen LogP contribution is 2.63. The van der Waals surface area contributed by atoms with Crippen LogP contribution in [0, 0.1) is 23.7 Å². The van der Waals surface area contributed by atoms with E-state index in [-0.39, 0.29) is 23.6 Å². The molecular formula is C20H29NO3. The van der Waals surface area contributed by atoms with E-state index in [1.165, 1.54) is 24.8 Å². The van der Waals surface area contributed by atoms with Crippen molar-refractivity contribution >= 4 is 5.97 Å². The third-order valence-electron chi connectivity index (χ3n) is 7.62. The van der Waals surface area contributed by atoms with Crippen LogP contribution in [0.4, 0.5) is 0 Å². The van der Waals surface area contributed by atoms with Gasteiger partial charge in [0.2, 0.25) is 0 Å². The van der Waals surface area contributed by atoms with Crippen molar-refractivity contribution in [3.8, 4) is 0 Å². The van der Waals surface area contributed by atoms with E-state index < -0.39 is 0 Å². The Morgan fingerprint density at radius 1 is 1.29 bits per heavy atom. The number of piperidine rings is 1. The maximum atomic E-state index is 12.7. The molecule has 3 aliphatic heterocycles. The quantitative estimate of drug-likeness (QED) is 0.443. The fraction of sp³-hybridized carbons (Fsp3) is 0.850.